The molecule has 4 heteroatoms. The van der Waals surface area contributed by atoms with Crippen LogP contribution in [0, 0.1) is 0 Å². The summed E-state index contributed by atoms with van der Waals surface area (Å²) in [6, 6.07) is 14.1. The molecule has 0 radical (unpaired) electrons. The van der Waals surface area contributed by atoms with E-state index in [0.29, 0.717) is 0 Å². The molecule has 1 saturated heterocycles. The molecule has 2 aromatic carbocycles. The van der Waals surface area contributed by atoms with Crippen LogP contribution >= 0.6 is 11.6 Å². The van der Waals surface area contributed by atoms with Gasteiger partial charge in [-0.15, -0.1) is 0 Å². The van der Waals surface area contributed by atoms with Crippen LogP contribution in [0.1, 0.15) is 60.0 Å². The van der Waals surface area contributed by atoms with Gasteiger partial charge in [0, 0.05) is 31.6 Å². The third-order valence-electron chi connectivity index (χ3n) is 5.32. The molecular formula is C22H27ClN2O. The van der Waals surface area contributed by atoms with Crippen LogP contribution in [0.3, 0.4) is 0 Å². The minimum atomic E-state index is -0.0558. The fourth-order valence-electron chi connectivity index (χ4n) is 3.76. The number of amides is 1. The van der Waals surface area contributed by atoms with Crippen molar-refractivity contribution in [3.05, 3.63) is 64.2 Å². The second-order valence-corrected chi connectivity index (χ2v) is 7.41. The summed E-state index contributed by atoms with van der Waals surface area (Å²) in [7, 11) is 1.66. The van der Waals surface area contributed by atoms with E-state index in [-0.39, 0.29) is 11.8 Å². The highest BCUT2D eigenvalue weighted by Gasteiger charge is 2.19. The van der Waals surface area contributed by atoms with Crippen LogP contribution in [-0.4, -0.2) is 26.0 Å². The molecular weight excluding hydrogens is 344 g/mol. The lowest BCUT2D eigenvalue weighted by molar-refractivity contribution is 0.0962. The highest BCUT2D eigenvalue weighted by Crippen LogP contribution is 2.34. The van der Waals surface area contributed by atoms with Crippen molar-refractivity contribution in [3.63, 3.8) is 0 Å². The Morgan fingerprint density at radius 2 is 1.77 bits per heavy atom. The largest absolute Gasteiger partial charge is 0.370 e. The molecule has 0 saturated carbocycles. The molecule has 3 nitrogen and oxygen atoms in total. The normalized spacial score (nSPS) is 16.0. The molecule has 0 aromatic heterocycles. The summed E-state index contributed by atoms with van der Waals surface area (Å²) in [5.74, 6) is 0.0407. The Labute approximate surface area is 161 Å². The molecule has 0 spiro atoms. The van der Waals surface area contributed by atoms with Gasteiger partial charge in [-0.1, -0.05) is 55.6 Å². The molecule has 0 bridgehead atoms. The van der Waals surface area contributed by atoms with Crippen LogP contribution in [0.4, 0.5) is 5.69 Å². The molecule has 1 aliphatic heterocycles. The number of anilines is 1. The smallest absolute Gasteiger partial charge is 0.251 e. The molecule has 1 unspecified atom stereocenters. The van der Waals surface area contributed by atoms with Gasteiger partial charge in [0.1, 0.15) is 0 Å². The summed E-state index contributed by atoms with van der Waals surface area (Å²) in [5.41, 5.74) is 4.00. The first kappa shape index (κ1) is 18.8. The molecule has 1 atom stereocenters. The van der Waals surface area contributed by atoms with Gasteiger partial charge in [-0.05, 0) is 42.2 Å². The first-order chi connectivity index (χ1) is 12.6. The van der Waals surface area contributed by atoms with E-state index >= 15 is 0 Å². The van der Waals surface area contributed by atoms with Gasteiger partial charge >= 0.3 is 0 Å². The fourth-order valence-corrected chi connectivity index (χ4v) is 4.06. The summed E-state index contributed by atoms with van der Waals surface area (Å²) in [5, 5.41) is 3.53. The number of nitrogens with one attached hydrogen (secondary N) is 1. The monoisotopic (exact) mass is 370 g/mol. The third kappa shape index (κ3) is 4.04. The van der Waals surface area contributed by atoms with E-state index in [2.05, 4.69) is 35.3 Å². The lowest BCUT2D eigenvalue weighted by Gasteiger charge is -2.25. The average molecular weight is 371 g/mol. The molecule has 1 fully saturated rings. The molecule has 3 rings (SSSR count). The first-order valence-corrected chi connectivity index (χ1v) is 9.85. The highest BCUT2D eigenvalue weighted by atomic mass is 35.5. The Morgan fingerprint density at radius 1 is 1.08 bits per heavy atom. The van der Waals surface area contributed by atoms with Gasteiger partial charge < -0.3 is 10.2 Å². The Balaban J connectivity index is 1.88. The zero-order chi connectivity index (χ0) is 18.5. The fraction of sp³-hybridized carbons (Fsp3) is 0.409. The predicted octanol–water partition coefficient (Wildman–Crippen LogP) is 5.23. The Kier molecular flexibility index (Phi) is 6.20. The number of carbonyl (C=O) groups is 1. The van der Waals surface area contributed by atoms with Gasteiger partial charge in [0.15, 0.2) is 0 Å². The van der Waals surface area contributed by atoms with Crippen LogP contribution < -0.4 is 10.2 Å². The molecule has 1 amide bonds. The van der Waals surface area contributed by atoms with E-state index in [1.165, 1.54) is 25.7 Å². The molecule has 26 heavy (non-hydrogen) atoms. The van der Waals surface area contributed by atoms with E-state index in [0.717, 1.165) is 40.5 Å². The van der Waals surface area contributed by atoms with Gasteiger partial charge in [0.2, 0.25) is 0 Å². The van der Waals surface area contributed by atoms with Crippen LogP contribution in [0.15, 0.2) is 42.5 Å². The second kappa shape index (κ2) is 8.59. The quantitative estimate of drug-likeness (QED) is 0.798. The van der Waals surface area contributed by atoms with Gasteiger partial charge in [0.25, 0.3) is 5.91 Å². The van der Waals surface area contributed by atoms with Crippen molar-refractivity contribution >= 4 is 23.2 Å². The van der Waals surface area contributed by atoms with E-state index in [1.807, 2.05) is 24.3 Å². The first-order valence-electron chi connectivity index (χ1n) is 9.47. The van der Waals surface area contributed by atoms with Crippen LogP contribution in [-0.2, 0) is 0 Å². The summed E-state index contributed by atoms with van der Waals surface area (Å²) < 4.78 is 0. The zero-order valence-corrected chi connectivity index (χ0v) is 16.4. The average Bonchev–Trinajstić information content (AvgIpc) is 2.96. The van der Waals surface area contributed by atoms with Crippen molar-refractivity contribution in [2.45, 2.75) is 38.5 Å². The number of hydrogen-bond donors (Lipinski definition) is 1. The van der Waals surface area contributed by atoms with Crippen molar-refractivity contribution < 1.29 is 4.79 Å². The minimum Gasteiger partial charge on any atom is -0.370 e. The van der Waals surface area contributed by atoms with Crippen molar-refractivity contribution in [1.82, 2.24) is 5.32 Å². The Bertz CT molecular complexity index is 766. The molecule has 1 aliphatic rings. The van der Waals surface area contributed by atoms with Gasteiger partial charge in [-0.2, -0.15) is 0 Å². The summed E-state index contributed by atoms with van der Waals surface area (Å²) in [6.07, 6.45) is 5.07. The number of benzene rings is 2. The summed E-state index contributed by atoms with van der Waals surface area (Å²) in [4.78, 5) is 14.6. The number of hydrogen-bond acceptors (Lipinski definition) is 2. The van der Waals surface area contributed by atoms with Crippen molar-refractivity contribution in [3.8, 4) is 0 Å². The topological polar surface area (TPSA) is 32.3 Å². The zero-order valence-electron chi connectivity index (χ0n) is 15.6. The molecule has 138 valence electrons. The maximum absolute atomic E-state index is 12.2. The van der Waals surface area contributed by atoms with Gasteiger partial charge in [-0.25, -0.2) is 0 Å². The maximum atomic E-state index is 12.2. The van der Waals surface area contributed by atoms with Gasteiger partial charge in [-0.3, -0.25) is 4.79 Å². The van der Waals surface area contributed by atoms with Crippen molar-refractivity contribution in [2.24, 2.45) is 0 Å². The van der Waals surface area contributed by atoms with E-state index in [9.17, 15) is 4.79 Å². The number of carbonyl (C=O) groups excluding carboxylic acids is 1. The number of halogens is 1. The van der Waals surface area contributed by atoms with E-state index in [1.54, 1.807) is 7.05 Å². The lowest BCUT2D eigenvalue weighted by Crippen LogP contribution is -2.24. The van der Waals surface area contributed by atoms with Crippen LogP contribution in [0.2, 0.25) is 5.02 Å². The second-order valence-electron chi connectivity index (χ2n) is 7.00. The van der Waals surface area contributed by atoms with Crippen LogP contribution in [0.5, 0.6) is 0 Å². The van der Waals surface area contributed by atoms with Crippen molar-refractivity contribution in [1.29, 1.82) is 0 Å². The van der Waals surface area contributed by atoms with E-state index in [4.69, 9.17) is 11.6 Å². The molecule has 1 heterocycles. The Morgan fingerprint density at radius 3 is 2.42 bits per heavy atom. The van der Waals surface area contributed by atoms with Crippen LogP contribution in [0.25, 0.3) is 0 Å². The number of rotatable bonds is 4. The molecule has 1 N–H and O–H groups in total. The van der Waals surface area contributed by atoms with E-state index < -0.39 is 0 Å². The van der Waals surface area contributed by atoms with Crippen molar-refractivity contribution in [2.75, 3.05) is 25.0 Å². The number of nitrogens with zero attached hydrogens (tertiary/aromatic N) is 1. The SMILES string of the molecule is CNC(=O)c1ccccc1C(C)c1ccc(N2CCCCCC2)c(Cl)c1. The molecule has 0 aliphatic carbocycles. The minimum absolute atomic E-state index is 0.0558. The Hall–Kier alpha value is -2.00. The maximum Gasteiger partial charge on any atom is 0.251 e. The predicted molar refractivity (Wildman–Crippen MR) is 109 cm³/mol. The standard InChI is InChI=1S/C22H27ClN2O/c1-16(18-9-5-6-10-19(18)22(26)24-2)17-11-12-21(20(23)15-17)25-13-7-3-4-8-14-25/h5-6,9-12,15-16H,3-4,7-8,13-14H2,1-2H3,(H,24,26). The highest BCUT2D eigenvalue weighted by molar-refractivity contribution is 6.33. The summed E-state index contributed by atoms with van der Waals surface area (Å²) >= 11 is 6.66. The molecule has 2 aromatic rings. The summed E-state index contributed by atoms with van der Waals surface area (Å²) in [6.45, 7) is 4.28. The third-order valence-corrected chi connectivity index (χ3v) is 5.62. The van der Waals surface area contributed by atoms with Gasteiger partial charge in [0.05, 0.1) is 10.7 Å². The lowest BCUT2D eigenvalue weighted by atomic mass is 9.89.